The van der Waals surface area contributed by atoms with Gasteiger partial charge in [-0.3, -0.25) is 39.1 Å². The number of aromatic nitrogens is 12. The Hall–Kier alpha value is -14.4. The number of ether oxygens (including phenoxy) is 5. The Morgan fingerprint density at radius 3 is 1.12 bits per heavy atom. The maximum atomic E-state index is 12.6. The minimum atomic E-state index is -0.0486. The van der Waals surface area contributed by atoms with Crippen LogP contribution in [-0.4, -0.2) is 282 Å². The molecule has 39 heteroatoms. The zero-order valence-electron chi connectivity index (χ0n) is 73.1. The number of halogens is 1. The lowest BCUT2D eigenvalue weighted by atomic mass is 10.2. The molecule has 0 spiro atoms. The largest absolute Gasteiger partial charge is 0.494 e. The molecule has 5 aliphatic heterocycles. The van der Waals surface area contributed by atoms with Crippen molar-refractivity contribution in [2.45, 2.75) is 96.3 Å². The van der Waals surface area contributed by atoms with Gasteiger partial charge in [-0.05, 0) is 119 Å². The quantitative estimate of drug-likeness (QED) is 0.0726. The number of aromatic amines is 4. The second kappa shape index (κ2) is 45.3. The van der Waals surface area contributed by atoms with Crippen LogP contribution in [0, 0.1) is 0 Å². The molecule has 4 amide bonds. The highest BCUT2D eigenvalue weighted by molar-refractivity contribution is 6.32. The third-order valence-corrected chi connectivity index (χ3v) is 22.5. The molecule has 1 fully saturated rings. The molecule has 12 N–H and O–H groups in total. The van der Waals surface area contributed by atoms with Crippen molar-refractivity contribution in [3.05, 3.63) is 138 Å². The lowest BCUT2D eigenvalue weighted by Crippen LogP contribution is -2.36. The Labute approximate surface area is 754 Å². The fourth-order valence-corrected chi connectivity index (χ4v) is 15.1. The van der Waals surface area contributed by atoms with Gasteiger partial charge in [-0.25, -0.2) is 39.9 Å². The van der Waals surface area contributed by atoms with Gasteiger partial charge in [-0.1, -0.05) is 23.7 Å². The summed E-state index contributed by atoms with van der Waals surface area (Å²) in [5, 5.41) is 58.0. The van der Waals surface area contributed by atoms with Crippen molar-refractivity contribution >= 4 is 156 Å². The lowest BCUT2D eigenvalue weighted by molar-refractivity contribution is -0.130. The number of benzene rings is 4. The lowest BCUT2D eigenvalue weighted by Gasteiger charge is -2.30. The van der Waals surface area contributed by atoms with Crippen LogP contribution in [0.3, 0.4) is 0 Å². The molecule has 5 aliphatic rings. The summed E-state index contributed by atoms with van der Waals surface area (Å²) in [7, 11) is 7.26. The van der Waals surface area contributed by atoms with Crippen LogP contribution in [0.4, 0.5) is 51.7 Å². The number of hydrogen-bond acceptors (Lipinski definition) is 30. The van der Waals surface area contributed by atoms with E-state index in [1.807, 2.05) is 80.8 Å². The van der Waals surface area contributed by atoms with Gasteiger partial charge in [0.1, 0.15) is 94.2 Å². The highest BCUT2D eigenvalue weighted by atomic mass is 35.5. The van der Waals surface area contributed by atoms with Crippen LogP contribution in [-0.2, 0) is 23.9 Å². The summed E-state index contributed by atoms with van der Waals surface area (Å²) in [5.41, 5.74) is 7.73. The number of nitrogens with one attached hydrogen (secondary N) is 8. The molecule has 8 bridgehead atoms. The summed E-state index contributed by atoms with van der Waals surface area (Å²) in [6, 6.07) is 26.0. The van der Waals surface area contributed by atoms with Crippen LogP contribution >= 0.6 is 11.6 Å². The number of aliphatic imine (C=N–C) groups is 4. The van der Waals surface area contributed by atoms with Crippen molar-refractivity contribution in [2.75, 3.05) is 159 Å². The summed E-state index contributed by atoms with van der Waals surface area (Å²) in [6.07, 6.45) is 22.7. The number of hydrogen-bond donors (Lipinski definition) is 12. The number of H-pyrrole nitrogens is 4. The molecule has 130 heavy (non-hydrogen) atoms. The molecule has 0 aliphatic carbocycles. The molecule has 12 aromatic rings. The van der Waals surface area contributed by atoms with Crippen LogP contribution in [0.2, 0.25) is 5.02 Å². The molecule has 1 saturated heterocycles. The number of likely N-dealkylation sites (N-methyl/N-ethyl adjacent to an activating group) is 1. The van der Waals surface area contributed by atoms with E-state index in [0.29, 0.717) is 253 Å². The van der Waals surface area contributed by atoms with Gasteiger partial charge in [-0.2, -0.15) is 0 Å². The van der Waals surface area contributed by atoms with Gasteiger partial charge in [-0.15, -0.1) is 0 Å². The summed E-state index contributed by atoms with van der Waals surface area (Å²) >= 11 is 6.24. The zero-order chi connectivity index (χ0) is 90.7. The molecular weight excluding hydrogens is 1690 g/mol. The number of nitrogens with zero attached hydrogens (tertiary/aromatic N) is 17. The van der Waals surface area contributed by atoms with E-state index < -0.39 is 0 Å². The highest BCUT2D eigenvalue weighted by Gasteiger charge is 2.24. The Kier molecular flexibility index (Phi) is 32.0. The monoisotopic (exact) mass is 1790 g/mol. The smallest absolute Gasteiger partial charge is 0.222 e. The van der Waals surface area contributed by atoms with Gasteiger partial charge in [0.25, 0.3) is 0 Å². The van der Waals surface area contributed by atoms with Gasteiger partial charge in [0.2, 0.25) is 23.6 Å². The first kappa shape index (κ1) is 91.8. The maximum Gasteiger partial charge on any atom is 0.222 e. The fraction of sp³-hybridized carbons (Fsp3) is 0.385. The first-order chi connectivity index (χ1) is 63.4. The Bertz CT molecular complexity index is 6030. The molecule has 0 unspecified atom stereocenters. The van der Waals surface area contributed by atoms with Gasteiger partial charge in [0.15, 0.2) is 23.5 Å². The van der Waals surface area contributed by atoms with E-state index in [0.717, 1.165) is 94.5 Å². The topological polar surface area (TPSA) is 475 Å². The minimum absolute atomic E-state index is 0.0211. The average molecular weight is 1800 g/mol. The molecule has 0 atom stereocenters. The summed E-state index contributed by atoms with van der Waals surface area (Å²) < 4.78 is 29.1. The van der Waals surface area contributed by atoms with Crippen LogP contribution in [0.25, 0.3) is 44.1 Å². The molecule has 13 heterocycles. The van der Waals surface area contributed by atoms with E-state index in [4.69, 9.17) is 35.3 Å². The normalized spacial score (nSPS) is 16.6. The number of fused-ring (bicyclic) bond motifs is 8. The predicted molar refractivity (Wildman–Crippen MR) is 501 cm³/mol. The highest BCUT2D eigenvalue weighted by Crippen LogP contribution is 2.39. The van der Waals surface area contributed by atoms with E-state index in [1.54, 1.807) is 76.8 Å². The summed E-state index contributed by atoms with van der Waals surface area (Å²) in [5.74, 6) is 5.35. The number of morpholine rings is 1. The predicted octanol–water partition coefficient (Wildman–Crippen LogP) is 13.0. The van der Waals surface area contributed by atoms with Crippen LogP contribution in [0.1, 0.15) is 119 Å². The van der Waals surface area contributed by atoms with E-state index in [1.165, 1.54) is 25.3 Å². The van der Waals surface area contributed by atoms with Crippen molar-refractivity contribution in [1.82, 2.24) is 79.4 Å². The average Bonchev–Trinajstić information content (AvgIpc) is 1.67. The Balaban J connectivity index is 0.000000140. The molecular formula is C91H108ClN25O13. The Morgan fingerprint density at radius 2 is 0.685 bits per heavy atom. The molecule has 4 aromatic carbocycles. The molecule has 0 radical (unpaired) electrons. The molecule has 8 aromatic heterocycles. The molecule has 0 saturated carbocycles. The van der Waals surface area contributed by atoms with Crippen molar-refractivity contribution in [2.24, 2.45) is 20.0 Å². The third kappa shape index (κ3) is 24.5. The number of carbonyl (C=O) groups excluding carboxylic acids is 4. The fourth-order valence-electron chi connectivity index (χ4n) is 14.9. The van der Waals surface area contributed by atoms with Gasteiger partial charge < -0.3 is 110 Å². The number of amides is 4. The number of carbonyl (C=O) groups is 4. The molecule has 38 nitrogen and oxygen atoms in total. The van der Waals surface area contributed by atoms with Gasteiger partial charge in [0, 0.05) is 168 Å². The second-order valence-corrected chi connectivity index (χ2v) is 31.9. The SMILES string of the molecule is CN1CCCNc2ncnc3[nH]c(O)c(c23)C=Nc2ccc(Cl)c(c2)OCCCC1=O.CN1CCCNc2ncnc3[nH]c(O)c(c23)C=Nc2cccc(c2)OCCCCC1=O.CN1CCCNc2ncnc3[nH]c(O)c(c23)C=Nc2cccc(c2)OCCCCCC1=O.CN1CCNc2ncnc3[nH]c(O)c(c23)C=Nc2ccc(N3CCOCC3)c(c2)OCCCCC1=O. The number of aromatic hydroxyl groups is 4. The van der Waals surface area contributed by atoms with Crippen LogP contribution in [0.5, 0.6) is 46.5 Å². The first-order valence-electron chi connectivity index (χ1n) is 43.6. The number of anilines is 5. The van der Waals surface area contributed by atoms with E-state index in [9.17, 15) is 39.6 Å². The van der Waals surface area contributed by atoms with E-state index in [-0.39, 0.29) is 47.1 Å². The number of rotatable bonds is 1. The molecule has 17 rings (SSSR count). The van der Waals surface area contributed by atoms with E-state index >= 15 is 0 Å². The summed E-state index contributed by atoms with van der Waals surface area (Å²) in [6.45, 7) is 9.75. The van der Waals surface area contributed by atoms with Crippen molar-refractivity contribution in [3.8, 4) is 46.5 Å². The van der Waals surface area contributed by atoms with Crippen LogP contribution < -0.4 is 45.1 Å². The van der Waals surface area contributed by atoms with Gasteiger partial charge in [0.05, 0.1) is 117 Å². The standard InChI is InChI=1S/C25H31N7O4.C23H28N6O3.C22H26N6O3.C21H23ClN6O3/c1-31-8-7-26-23-22-18(25(34)30-24(22)29-16-28-23)15-27-17-5-6-19(32-9-12-35-13-10-32)20(14-17)36-11-3-2-4-21(31)33;1-29-11-6-10-24-21-20-18(23(31)28-22(20)27-15-26-21)14-25-16-7-5-8-17(13-16)32-12-4-2-3-9-19(29)30;1-28-10-5-9-23-20-19-17(22(30)27-21(19)26-14-25-20)13-24-15-6-4-7-16(12-15)31-11-3-2-8-18(28)29;1-28-8-3-7-23-19-18-14(21(30)27-20(18)26-12-25-19)11-24-13-5-6-15(22)16(10-13)31-9-2-4-17(28)29/h5-6,14-16,34H,2-4,7-13H2,1H3,(H2,26,28,29,30);5,7-8,13-15,31H,2-4,6,9-12H2,1H3,(H2,24,26,27,28);4,6-7,12-14,30H,2-3,5,8-11H2,1H3,(H2,23,25,26,27);5-6,10-12,30H,2-4,7-9H2,1H3,(H2,23,25,26,27). The first-order valence-corrected chi connectivity index (χ1v) is 44.0. The minimum Gasteiger partial charge on any atom is -0.494 e. The maximum absolute atomic E-state index is 12.6. The van der Waals surface area contributed by atoms with Crippen LogP contribution in [0.15, 0.2) is 130 Å². The van der Waals surface area contributed by atoms with Crippen molar-refractivity contribution in [3.63, 3.8) is 0 Å². The third-order valence-electron chi connectivity index (χ3n) is 22.2. The van der Waals surface area contributed by atoms with Crippen molar-refractivity contribution < 1.29 is 63.3 Å². The van der Waals surface area contributed by atoms with Gasteiger partial charge >= 0.3 is 0 Å². The van der Waals surface area contributed by atoms with E-state index in [2.05, 4.69) is 106 Å². The zero-order valence-corrected chi connectivity index (χ0v) is 73.8. The molecule has 682 valence electrons. The summed E-state index contributed by atoms with van der Waals surface area (Å²) in [4.78, 5) is 123. The Morgan fingerprint density at radius 1 is 0.338 bits per heavy atom. The van der Waals surface area contributed by atoms with Crippen molar-refractivity contribution in [1.29, 1.82) is 0 Å². The second-order valence-electron chi connectivity index (χ2n) is 31.5.